The van der Waals surface area contributed by atoms with Gasteiger partial charge in [-0.25, -0.2) is 0 Å². The van der Waals surface area contributed by atoms with Crippen molar-refractivity contribution in [2.45, 2.75) is 39.0 Å². The van der Waals surface area contributed by atoms with E-state index in [0.29, 0.717) is 13.1 Å². The molecule has 1 aromatic rings. The Balaban J connectivity index is 2.38. The van der Waals surface area contributed by atoms with Crippen LogP contribution in [0.2, 0.25) is 0 Å². The second-order valence-electron chi connectivity index (χ2n) is 6.15. The highest BCUT2D eigenvalue weighted by molar-refractivity contribution is 5.27. The Kier molecular flexibility index (Phi) is 6.46. The van der Waals surface area contributed by atoms with E-state index in [9.17, 15) is 5.11 Å². The maximum atomic E-state index is 10.2. The van der Waals surface area contributed by atoms with Crippen LogP contribution in [0.3, 0.4) is 0 Å². The van der Waals surface area contributed by atoms with Crippen molar-refractivity contribution in [2.75, 3.05) is 27.2 Å². The predicted octanol–water partition coefficient (Wildman–Crippen LogP) is 1.88. The molecular formula is C16H28N2O2. The number of rotatable bonds is 8. The number of nitrogens with zero attached hydrogens (tertiary/aromatic N) is 1. The van der Waals surface area contributed by atoms with Crippen molar-refractivity contribution in [3.63, 3.8) is 0 Å². The summed E-state index contributed by atoms with van der Waals surface area (Å²) < 4.78 is 5.61. The Morgan fingerprint density at radius 1 is 1.25 bits per heavy atom. The number of nitrogens with one attached hydrogen (secondary N) is 1. The number of likely N-dealkylation sites (N-methyl/N-ethyl adjacent to an activating group) is 1. The van der Waals surface area contributed by atoms with Gasteiger partial charge in [0, 0.05) is 19.6 Å². The van der Waals surface area contributed by atoms with Crippen LogP contribution in [-0.2, 0) is 6.54 Å². The molecule has 2 N–H and O–H groups in total. The average molecular weight is 280 g/mol. The van der Waals surface area contributed by atoms with Gasteiger partial charge in [0.2, 0.25) is 0 Å². The van der Waals surface area contributed by atoms with Crippen LogP contribution in [-0.4, -0.2) is 48.9 Å². The molecule has 0 aliphatic heterocycles. The van der Waals surface area contributed by atoms with E-state index in [0.717, 1.165) is 12.3 Å². The normalized spacial score (nSPS) is 14.6. The highest BCUT2D eigenvalue weighted by Gasteiger charge is 2.20. The Morgan fingerprint density at radius 3 is 2.35 bits per heavy atom. The van der Waals surface area contributed by atoms with Gasteiger partial charge in [-0.2, -0.15) is 0 Å². The molecule has 0 aliphatic rings. The topological polar surface area (TPSA) is 44.7 Å². The zero-order valence-electron chi connectivity index (χ0n) is 13.3. The van der Waals surface area contributed by atoms with Gasteiger partial charge in [-0.3, -0.25) is 0 Å². The molecule has 0 aliphatic carbocycles. The van der Waals surface area contributed by atoms with Crippen molar-refractivity contribution >= 4 is 0 Å². The van der Waals surface area contributed by atoms with Gasteiger partial charge in [0.15, 0.2) is 0 Å². The third-order valence-electron chi connectivity index (χ3n) is 2.79. The van der Waals surface area contributed by atoms with Gasteiger partial charge >= 0.3 is 0 Å². The third-order valence-corrected chi connectivity index (χ3v) is 2.79. The first-order valence-corrected chi connectivity index (χ1v) is 7.12. The van der Waals surface area contributed by atoms with E-state index in [4.69, 9.17) is 4.74 Å². The largest absolute Gasteiger partial charge is 0.491 e. The quantitative estimate of drug-likeness (QED) is 0.763. The second-order valence-corrected chi connectivity index (χ2v) is 6.15. The summed E-state index contributed by atoms with van der Waals surface area (Å²) in [6, 6.07) is 8.06. The molecule has 0 spiro atoms. The van der Waals surface area contributed by atoms with Crippen LogP contribution in [0.4, 0.5) is 0 Å². The van der Waals surface area contributed by atoms with Crippen LogP contribution in [0.1, 0.15) is 26.3 Å². The molecule has 0 bridgehead atoms. The first-order chi connectivity index (χ1) is 9.28. The summed E-state index contributed by atoms with van der Waals surface area (Å²) in [7, 11) is 3.92. The monoisotopic (exact) mass is 280 g/mol. The minimum absolute atomic E-state index is 0.195. The van der Waals surface area contributed by atoms with E-state index in [1.54, 1.807) is 0 Å². The lowest BCUT2D eigenvalue weighted by Crippen LogP contribution is -2.45. The fraction of sp³-hybridized carbons (Fsp3) is 0.625. The molecule has 114 valence electrons. The highest BCUT2D eigenvalue weighted by atomic mass is 16.5. The van der Waals surface area contributed by atoms with E-state index in [1.165, 1.54) is 5.56 Å². The molecule has 1 unspecified atom stereocenters. The predicted molar refractivity (Wildman–Crippen MR) is 83.1 cm³/mol. The minimum Gasteiger partial charge on any atom is -0.491 e. The Bertz CT molecular complexity index is 386. The van der Waals surface area contributed by atoms with Gasteiger partial charge in [0.05, 0.1) is 11.7 Å². The van der Waals surface area contributed by atoms with E-state index in [-0.39, 0.29) is 6.10 Å². The summed E-state index contributed by atoms with van der Waals surface area (Å²) in [5, 5.41) is 13.5. The SMILES string of the molecule is CC(C)Oc1ccc(CNCC(C)(O)CN(C)C)cc1. The van der Waals surface area contributed by atoms with E-state index in [1.807, 2.05) is 64.0 Å². The van der Waals surface area contributed by atoms with E-state index in [2.05, 4.69) is 5.32 Å². The molecule has 1 atom stereocenters. The maximum Gasteiger partial charge on any atom is 0.119 e. The van der Waals surface area contributed by atoms with Crippen molar-refractivity contribution < 1.29 is 9.84 Å². The third kappa shape index (κ3) is 6.89. The van der Waals surface area contributed by atoms with Crippen molar-refractivity contribution in [3.05, 3.63) is 29.8 Å². The molecule has 20 heavy (non-hydrogen) atoms. The lowest BCUT2D eigenvalue weighted by molar-refractivity contribution is 0.0336. The summed E-state index contributed by atoms with van der Waals surface area (Å²) >= 11 is 0. The number of ether oxygens (including phenoxy) is 1. The van der Waals surface area contributed by atoms with Crippen molar-refractivity contribution in [1.82, 2.24) is 10.2 Å². The van der Waals surface area contributed by atoms with Crippen LogP contribution in [0.25, 0.3) is 0 Å². The molecule has 1 aromatic carbocycles. The summed E-state index contributed by atoms with van der Waals surface area (Å²) in [6.07, 6.45) is 0.195. The molecule has 0 fully saturated rings. The Hall–Kier alpha value is -1.10. The Labute approximate surface area is 122 Å². The standard InChI is InChI=1S/C16H28N2O2/c1-13(2)20-15-8-6-14(7-9-15)10-17-11-16(3,19)12-18(4)5/h6-9,13,17,19H,10-12H2,1-5H3. The maximum absolute atomic E-state index is 10.2. The van der Waals surface area contributed by atoms with Crippen LogP contribution >= 0.6 is 0 Å². The van der Waals surface area contributed by atoms with Crippen molar-refractivity contribution in [2.24, 2.45) is 0 Å². The molecule has 0 aromatic heterocycles. The number of benzene rings is 1. The summed E-state index contributed by atoms with van der Waals surface area (Å²) in [4.78, 5) is 1.99. The summed E-state index contributed by atoms with van der Waals surface area (Å²) in [5.41, 5.74) is 0.464. The zero-order chi connectivity index (χ0) is 15.2. The minimum atomic E-state index is -0.718. The van der Waals surface area contributed by atoms with Gasteiger partial charge in [-0.05, 0) is 52.6 Å². The molecule has 0 saturated heterocycles. The van der Waals surface area contributed by atoms with Gasteiger partial charge in [0.25, 0.3) is 0 Å². The van der Waals surface area contributed by atoms with Crippen molar-refractivity contribution in [3.8, 4) is 5.75 Å². The molecule has 0 saturated carbocycles. The Morgan fingerprint density at radius 2 is 1.85 bits per heavy atom. The van der Waals surface area contributed by atoms with Gasteiger partial charge in [-0.15, -0.1) is 0 Å². The van der Waals surface area contributed by atoms with Crippen LogP contribution in [0.15, 0.2) is 24.3 Å². The molecule has 4 heteroatoms. The lowest BCUT2D eigenvalue weighted by Gasteiger charge is -2.27. The number of hydrogen-bond acceptors (Lipinski definition) is 4. The number of hydrogen-bond donors (Lipinski definition) is 2. The highest BCUT2D eigenvalue weighted by Crippen LogP contribution is 2.14. The average Bonchev–Trinajstić information content (AvgIpc) is 2.28. The van der Waals surface area contributed by atoms with Gasteiger partial charge < -0.3 is 20.1 Å². The molecule has 4 nitrogen and oxygen atoms in total. The molecule has 0 amide bonds. The summed E-state index contributed by atoms with van der Waals surface area (Å²) in [6.45, 7) is 7.83. The lowest BCUT2D eigenvalue weighted by atomic mass is 10.1. The first-order valence-electron chi connectivity index (χ1n) is 7.12. The smallest absolute Gasteiger partial charge is 0.119 e. The fourth-order valence-corrected chi connectivity index (χ4v) is 2.17. The molecule has 0 heterocycles. The number of aliphatic hydroxyl groups is 1. The van der Waals surface area contributed by atoms with Crippen LogP contribution < -0.4 is 10.1 Å². The first kappa shape index (κ1) is 17.0. The fourth-order valence-electron chi connectivity index (χ4n) is 2.17. The molecule has 0 radical (unpaired) electrons. The second kappa shape index (κ2) is 7.62. The van der Waals surface area contributed by atoms with Gasteiger partial charge in [-0.1, -0.05) is 12.1 Å². The van der Waals surface area contributed by atoms with Gasteiger partial charge in [0.1, 0.15) is 5.75 Å². The van der Waals surface area contributed by atoms with Crippen molar-refractivity contribution in [1.29, 1.82) is 0 Å². The van der Waals surface area contributed by atoms with E-state index < -0.39 is 5.60 Å². The summed E-state index contributed by atoms with van der Waals surface area (Å²) in [5.74, 6) is 0.892. The molecule has 1 rings (SSSR count). The van der Waals surface area contributed by atoms with Crippen LogP contribution in [0.5, 0.6) is 5.75 Å². The van der Waals surface area contributed by atoms with Crippen LogP contribution in [0, 0.1) is 0 Å². The van der Waals surface area contributed by atoms with E-state index >= 15 is 0 Å². The molecular weight excluding hydrogens is 252 g/mol. The zero-order valence-corrected chi connectivity index (χ0v) is 13.3.